The number of nitrogens with one attached hydrogen (secondary N) is 1. The van der Waals surface area contributed by atoms with E-state index in [0.717, 1.165) is 39.4 Å². The third-order valence-corrected chi connectivity index (χ3v) is 9.54. The van der Waals surface area contributed by atoms with Gasteiger partial charge in [0.1, 0.15) is 0 Å². The lowest BCUT2D eigenvalue weighted by atomic mass is 9.99. The lowest BCUT2D eigenvalue weighted by Crippen LogP contribution is -1.97. The molecule has 6 aromatic carbocycles. The predicted octanol–water partition coefficient (Wildman–Crippen LogP) is 12.3. The standard InChI is InChI=1S/C45H33N3/c1-3-13-36-39-29-41-33(28-45(39)47(42(36)4-2)34-14-7-5-8-15-34)21-20-32-26-30(22-24-40(32)46-41)31-23-25-44-38(27-31)37-18-11-12-19-43(37)48(44)35-16-9-6-10-17-35/h3-29,46H,2H2,1H3/b13-3-. The predicted molar refractivity (Wildman–Crippen MR) is 207 cm³/mol. The van der Waals surface area contributed by atoms with E-state index in [2.05, 4.69) is 186 Å². The molecule has 0 fully saturated rings. The van der Waals surface area contributed by atoms with E-state index in [-0.39, 0.29) is 0 Å². The van der Waals surface area contributed by atoms with Gasteiger partial charge in [-0.25, -0.2) is 0 Å². The van der Waals surface area contributed by atoms with Gasteiger partial charge >= 0.3 is 0 Å². The molecule has 8 aromatic rings. The fourth-order valence-corrected chi connectivity index (χ4v) is 7.36. The number of para-hydroxylation sites is 3. The fourth-order valence-electron chi connectivity index (χ4n) is 7.36. The van der Waals surface area contributed by atoms with Crippen LogP contribution in [0.25, 0.3) is 79.5 Å². The molecule has 0 aliphatic carbocycles. The van der Waals surface area contributed by atoms with Crippen LogP contribution in [0.4, 0.5) is 11.4 Å². The molecule has 0 saturated carbocycles. The fraction of sp³-hybridized carbons (Fsp3) is 0.0222. The Hall–Kier alpha value is -6.32. The maximum absolute atomic E-state index is 4.19. The molecule has 0 spiro atoms. The highest BCUT2D eigenvalue weighted by atomic mass is 15.0. The summed E-state index contributed by atoms with van der Waals surface area (Å²) in [7, 11) is 0. The summed E-state index contributed by atoms with van der Waals surface area (Å²) < 4.78 is 4.67. The molecule has 228 valence electrons. The first-order valence-electron chi connectivity index (χ1n) is 16.4. The molecule has 9 rings (SSSR count). The van der Waals surface area contributed by atoms with Gasteiger partial charge in [0, 0.05) is 50.0 Å². The lowest BCUT2D eigenvalue weighted by Gasteiger charge is -2.13. The second kappa shape index (κ2) is 11.2. The van der Waals surface area contributed by atoms with E-state index in [1.54, 1.807) is 0 Å². The first-order chi connectivity index (χ1) is 23.7. The summed E-state index contributed by atoms with van der Waals surface area (Å²) in [5.41, 5.74) is 15.0. The molecule has 3 heteroatoms. The first-order valence-corrected chi connectivity index (χ1v) is 16.4. The molecule has 0 unspecified atom stereocenters. The van der Waals surface area contributed by atoms with Crippen LogP contribution in [-0.2, 0) is 0 Å². The zero-order chi connectivity index (χ0) is 32.2. The van der Waals surface area contributed by atoms with Crippen molar-refractivity contribution in [3.05, 3.63) is 168 Å². The second-order valence-corrected chi connectivity index (χ2v) is 12.3. The van der Waals surface area contributed by atoms with E-state index < -0.39 is 0 Å². The third kappa shape index (κ3) is 4.36. The Labute approximate surface area is 280 Å². The highest BCUT2D eigenvalue weighted by molar-refractivity contribution is 6.10. The van der Waals surface area contributed by atoms with E-state index >= 15 is 0 Å². The van der Waals surface area contributed by atoms with Crippen LogP contribution in [0.1, 0.15) is 29.3 Å². The minimum Gasteiger partial charge on any atom is -0.355 e. The Morgan fingerprint density at radius 2 is 1.19 bits per heavy atom. The summed E-state index contributed by atoms with van der Waals surface area (Å²) in [5, 5.41) is 7.48. The summed E-state index contributed by atoms with van der Waals surface area (Å²) in [4.78, 5) is 0. The summed E-state index contributed by atoms with van der Waals surface area (Å²) in [6.07, 6.45) is 10.7. The summed E-state index contributed by atoms with van der Waals surface area (Å²) in [6, 6.07) is 48.0. The van der Waals surface area contributed by atoms with Crippen molar-refractivity contribution in [3.8, 4) is 22.5 Å². The van der Waals surface area contributed by atoms with E-state index in [0.29, 0.717) is 0 Å². The van der Waals surface area contributed by atoms with Crippen LogP contribution in [0.5, 0.6) is 0 Å². The molecule has 1 N–H and O–H groups in total. The third-order valence-electron chi connectivity index (χ3n) is 9.54. The molecule has 0 amide bonds. The number of fused-ring (bicyclic) bond motifs is 6. The van der Waals surface area contributed by atoms with Gasteiger partial charge in [0.15, 0.2) is 0 Å². The highest BCUT2D eigenvalue weighted by Crippen LogP contribution is 2.40. The average molecular weight is 616 g/mol. The van der Waals surface area contributed by atoms with Crippen molar-refractivity contribution in [2.24, 2.45) is 0 Å². The van der Waals surface area contributed by atoms with Crippen molar-refractivity contribution in [1.82, 2.24) is 9.13 Å². The van der Waals surface area contributed by atoms with Gasteiger partial charge in [-0.05, 0) is 96.4 Å². The van der Waals surface area contributed by atoms with Crippen molar-refractivity contribution < 1.29 is 0 Å². The van der Waals surface area contributed by atoms with Crippen LogP contribution in [0.2, 0.25) is 0 Å². The number of nitrogens with zero attached hydrogens (tertiary/aromatic N) is 2. The maximum atomic E-state index is 4.19. The molecule has 0 radical (unpaired) electrons. The van der Waals surface area contributed by atoms with Crippen molar-refractivity contribution in [2.45, 2.75) is 6.92 Å². The van der Waals surface area contributed by atoms with Gasteiger partial charge in [-0.15, -0.1) is 0 Å². The van der Waals surface area contributed by atoms with Gasteiger partial charge in [-0.2, -0.15) is 0 Å². The zero-order valence-corrected chi connectivity index (χ0v) is 26.7. The van der Waals surface area contributed by atoms with Crippen LogP contribution in [0, 0.1) is 0 Å². The van der Waals surface area contributed by atoms with Crippen LogP contribution in [-0.4, -0.2) is 9.13 Å². The number of allylic oxidation sites excluding steroid dienone is 1. The zero-order valence-electron chi connectivity index (χ0n) is 26.7. The Morgan fingerprint density at radius 3 is 1.94 bits per heavy atom. The smallest absolute Gasteiger partial charge is 0.0548 e. The van der Waals surface area contributed by atoms with Crippen molar-refractivity contribution in [2.75, 3.05) is 5.32 Å². The van der Waals surface area contributed by atoms with E-state index in [1.807, 2.05) is 6.08 Å². The van der Waals surface area contributed by atoms with Gasteiger partial charge in [0.05, 0.1) is 22.2 Å². The number of rotatable bonds is 5. The molecular formula is C45H33N3. The summed E-state index contributed by atoms with van der Waals surface area (Å²) in [6.45, 7) is 6.26. The van der Waals surface area contributed by atoms with Gasteiger partial charge in [0.2, 0.25) is 0 Å². The molecule has 1 aliphatic rings. The van der Waals surface area contributed by atoms with Gasteiger partial charge in [0.25, 0.3) is 0 Å². The molecule has 0 atom stereocenters. The van der Waals surface area contributed by atoms with Crippen LogP contribution in [0.3, 0.4) is 0 Å². The molecule has 0 bridgehead atoms. The van der Waals surface area contributed by atoms with Crippen molar-refractivity contribution in [3.63, 3.8) is 0 Å². The maximum Gasteiger partial charge on any atom is 0.0548 e. The molecule has 0 saturated heterocycles. The number of anilines is 2. The second-order valence-electron chi connectivity index (χ2n) is 12.3. The SMILES string of the molecule is C=Cc1c(/C=C\C)c2cc3c(cc2n1-c1ccccc1)C=Cc1cc(-c2ccc4c(c2)c2ccccc2n4-c2ccccc2)ccc1N3. The average Bonchev–Trinajstić information content (AvgIpc) is 3.55. The Balaban J connectivity index is 1.15. The molecular weight excluding hydrogens is 583 g/mol. The Bertz CT molecular complexity index is 2600. The minimum absolute atomic E-state index is 1.09. The van der Waals surface area contributed by atoms with E-state index in [9.17, 15) is 0 Å². The topological polar surface area (TPSA) is 21.9 Å². The Morgan fingerprint density at radius 1 is 0.542 bits per heavy atom. The number of hydrogen-bond acceptors (Lipinski definition) is 1. The normalized spacial score (nSPS) is 12.4. The van der Waals surface area contributed by atoms with E-state index in [1.165, 1.54) is 49.6 Å². The quantitative estimate of drug-likeness (QED) is 0.204. The summed E-state index contributed by atoms with van der Waals surface area (Å²) >= 11 is 0. The first kappa shape index (κ1) is 27.9. The molecule has 1 aliphatic heterocycles. The largest absolute Gasteiger partial charge is 0.355 e. The van der Waals surface area contributed by atoms with Gasteiger partial charge < -0.3 is 14.5 Å². The van der Waals surface area contributed by atoms with Gasteiger partial charge in [-0.3, -0.25) is 0 Å². The number of hydrogen-bond donors (Lipinski definition) is 1. The van der Waals surface area contributed by atoms with Gasteiger partial charge in [-0.1, -0.05) is 97.6 Å². The molecule has 2 aromatic heterocycles. The van der Waals surface area contributed by atoms with E-state index in [4.69, 9.17) is 0 Å². The van der Waals surface area contributed by atoms with Crippen LogP contribution < -0.4 is 5.32 Å². The molecule has 48 heavy (non-hydrogen) atoms. The molecule has 3 nitrogen and oxygen atoms in total. The Kier molecular flexibility index (Phi) is 6.51. The number of benzene rings is 6. The van der Waals surface area contributed by atoms with Crippen molar-refractivity contribution >= 4 is 68.4 Å². The molecule has 3 heterocycles. The monoisotopic (exact) mass is 615 g/mol. The summed E-state index contributed by atoms with van der Waals surface area (Å²) in [5.74, 6) is 0. The van der Waals surface area contributed by atoms with Crippen LogP contribution >= 0.6 is 0 Å². The number of aromatic nitrogens is 2. The lowest BCUT2D eigenvalue weighted by molar-refractivity contribution is 1.11. The van der Waals surface area contributed by atoms with Crippen LogP contribution in [0.15, 0.2) is 146 Å². The highest BCUT2D eigenvalue weighted by Gasteiger charge is 2.19. The van der Waals surface area contributed by atoms with Crippen molar-refractivity contribution in [1.29, 1.82) is 0 Å². The minimum atomic E-state index is 1.09.